The van der Waals surface area contributed by atoms with E-state index < -0.39 is 0 Å². The van der Waals surface area contributed by atoms with Crippen LogP contribution in [-0.4, -0.2) is 0 Å². The van der Waals surface area contributed by atoms with E-state index in [4.69, 9.17) is 0 Å². The van der Waals surface area contributed by atoms with Crippen LogP contribution in [0.2, 0.25) is 0 Å². The Hall–Kier alpha value is 0. The molecule has 1 spiro atoms. The lowest BCUT2D eigenvalue weighted by Crippen LogP contribution is -2.70. The van der Waals surface area contributed by atoms with Crippen LogP contribution in [0, 0.1) is 81.8 Å². The zero-order chi connectivity index (χ0) is 16.2. The van der Waals surface area contributed by atoms with Gasteiger partial charge in [-0.15, -0.1) is 0 Å². The predicted octanol–water partition coefficient (Wildman–Crippen LogP) is 5.87. The topological polar surface area (TPSA) is 0 Å². The molecular weight excluding hydrogens is 288 g/mol. The number of rotatable bonds is 1. The fourth-order valence-corrected chi connectivity index (χ4v) is 12.5. The van der Waals surface area contributed by atoms with Crippen molar-refractivity contribution in [3.8, 4) is 0 Å². The highest BCUT2D eigenvalue weighted by molar-refractivity contribution is 5.32. The van der Waals surface area contributed by atoms with Gasteiger partial charge in [0.25, 0.3) is 0 Å². The summed E-state index contributed by atoms with van der Waals surface area (Å²) in [6.45, 7) is 10.8. The van der Waals surface area contributed by atoms with Crippen molar-refractivity contribution in [2.45, 2.75) is 66.2 Å². The van der Waals surface area contributed by atoms with Crippen LogP contribution in [-0.2, 0) is 0 Å². The number of hydrogen-bond donors (Lipinski definition) is 0. The summed E-state index contributed by atoms with van der Waals surface area (Å²) in [5.74, 6) is 13.4. The van der Waals surface area contributed by atoms with E-state index >= 15 is 0 Å². The summed E-state index contributed by atoms with van der Waals surface area (Å²) >= 11 is 0. The van der Waals surface area contributed by atoms with Crippen LogP contribution in [0.3, 0.4) is 0 Å². The Bertz CT molecular complexity index is 622. The molecule has 132 valence electrons. The summed E-state index contributed by atoms with van der Waals surface area (Å²) in [6, 6.07) is 0. The van der Waals surface area contributed by atoms with Crippen molar-refractivity contribution in [3.05, 3.63) is 0 Å². The highest BCUT2D eigenvalue weighted by atomic mass is 14.9. The van der Waals surface area contributed by atoms with Crippen LogP contribution in [0.15, 0.2) is 0 Å². The minimum Gasteiger partial charge on any atom is -0.0651 e. The molecule has 7 aliphatic rings. The zero-order valence-electron chi connectivity index (χ0n) is 16.2. The lowest BCUT2D eigenvalue weighted by Gasteiger charge is -2.74. The van der Waals surface area contributed by atoms with E-state index in [9.17, 15) is 0 Å². The van der Waals surface area contributed by atoms with E-state index in [1.165, 1.54) is 12.3 Å². The van der Waals surface area contributed by atoms with E-state index in [0.717, 1.165) is 75.9 Å². The number of fused-ring (bicyclic) bond motifs is 4. The largest absolute Gasteiger partial charge is 0.0651 e. The standard InChI is InChI=1S/C24H36/c1-5-13-6-15-11(2)21-16(15)8-18(13)24-19-9-20(24)22(21)12(3)17-7-14(19)10-23(17,24)4/h11-22H,5-10H2,1-4H3. The van der Waals surface area contributed by atoms with Crippen molar-refractivity contribution < 1.29 is 0 Å². The SMILES string of the molecule is CCC1CC2C(C)C3C2CC1C12C4CC1C3C(C)C1CC4CC12C. The zero-order valence-corrected chi connectivity index (χ0v) is 16.2. The van der Waals surface area contributed by atoms with E-state index in [1.807, 2.05) is 0 Å². The van der Waals surface area contributed by atoms with Crippen LogP contribution in [0.5, 0.6) is 0 Å². The smallest absolute Gasteiger partial charge is 0.0147 e. The van der Waals surface area contributed by atoms with E-state index in [0.29, 0.717) is 0 Å². The Labute approximate surface area is 148 Å². The van der Waals surface area contributed by atoms with E-state index in [1.54, 1.807) is 32.1 Å². The van der Waals surface area contributed by atoms with Gasteiger partial charge in [0.1, 0.15) is 0 Å². The average Bonchev–Trinajstić information content (AvgIpc) is 2.96. The molecule has 0 aromatic rings. The highest BCUT2D eigenvalue weighted by Crippen LogP contribution is 2.90. The molecule has 0 heterocycles. The summed E-state index contributed by atoms with van der Waals surface area (Å²) in [5, 5.41) is 0. The molecule has 24 heavy (non-hydrogen) atoms. The van der Waals surface area contributed by atoms with Crippen LogP contribution < -0.4 is 0 Å². The Morgan fingerprint density at radius 1 is 0.792 bits per heavy atom. The molecule has 0 aromatic carbocycles. The molecule has 0 nitrogen and oxygen atoms in total. The molecule has 0 aliphatic heterocycles. The molecule has 7 aliphatic carbocycles. The monoisotopic (exact) mass is 324 g/mol. The molecule has 7 rings (SSSR count). The van der Waals surface area contributed by atoms with Crippen LogP contribution in [0.25, 0.3) is 0 Å². The first kappa shape index (κ1) is 14.1. The van der Waals surface area contributed by atoms with Crippen molar-refractivity contribution in [2.24, 2.45) is 81.8 Å². The fourth-order valence-electron chi connectivity index (χ4n) is 12.5. The molecule has 7 saturated carbocycles. The summed E-state index contributed by atoms with van der Waals surface area (Å²) in [4.78, 5) is 0. The van der Waals surface area contributed by atoms with Gasteiger partial charge in [-0.2, -0.15) is 0 Å². The minimum atomic E-state index is 0.749. The Balaban J connectivity index is 1.49. The predicted molar refractivity (Wildman–Crippen MR) is 97.1 cm³/mol. The number of hydrogen-bond acceptors (Lipinski definition) is 0. The molecule has 0 radical (unpaired) electrons. The van der Waals surface area contributed by atoms with Gasteiger partial charge in [0, 0.05) is 0 Å². The summed E-state index contributed by atoms with van der Waals surface area (Å²) < 4.78 is 0. The molecule has 14 unspecified atom stereocenters. The maximum atomic E-state index is 2.83. The van der Waals surface area contributed by atoms with Crippen molar-refractivity contribution in [1.29, 1.82) is 0 Å². The third-order valence-corrected chi connectivity index (χ3v) is 12.6. The van der Waals surface area contributed by atoms with Crippen molar-refractivity contribution in [2.75, 3.05) is 0 Å². The Morgan fingerprint density at radius 2 is 1.62 bits per heavy atom. The second-order valence-corrected chi connectivity index (χ2v) is 12.1. The quantitative estimate of drug-likeness (QED) is 0.566. The van der Waals surface area contributed by atoms with Crippen molar-refractivity contribution in [1.82, 2.24) is 0 Å². The van der Waals surface area contributed by atoms with Gasteiger partial charge >= 0.3 is 0 Å². The van der Waals surface area contributed by atoms with Gasteiger partial charge in [-0.05, 0) is 114 Å². The van der Waals surface area contributed by atoms with E-state index in [2.05, 4.69) is 27.7 Å². The molecular formula is C24H36. The normalized spacial score (nSPS) is 76.0. The minimum absolute atomic E-state index is 0.749. The molecule has 0 N–H and O–H groups in total. The lowest BCUT2D eigenvalue weighted by molar-refractivity contribution is -0.273. The fraction of sp³-hybridized carbons (Fsp3) is 1.00. The maximum absolute atomic E-state index is 2.83. The van der Waals surface area contributed by atoms with Gasteiger partial charge in [0.15, 0.2) is 0 Å². The molecule has 0 amide bonds. The van der Waals surface area contributed by atoms with Gasteiger partial charge in [-0.25, -0.2) is 0 Å². The highest BCUT2D eigenvalue weighted by Gasteiger charge is 2.84. The summed E-state index contributed by atoms with van der Waals surface area (Å²) in [5.41, 5.74) is 1.58. The molecule has 0 saturated heterocycles. The maximum Gasteiger partial charge on any atom is -0.0147 e. The van der Waals surface area contributed by atoms with Gasteiger partial charge in [0.2, 0.25) is 0 Å². The summed E-state index contributed by atoms with van der Waals surface area (Å²) in [7, 11) is 0. The Morgan fingerprint density at radius 3 is 2.42 bits per heavy atom. The van der Waals surface area contributed by atoms with Gasteiger partial charge < -0.3 is 0 Å². The van der Waals surface area contributed by atoms with Gasteiger partial charge in [-0.3, -0.25) is 0 Å². The van der Waals surface area contributed by atoms with E-state index in [-0.39, 0.29) is 0 Å². The van der Waals surface area contributed by atoms with Crippen molar-refractivity contribution >= 4 is 0 Å². The van der Waals surface area contributed by atoms with Crippen molar-refractivity contribution in [3.63, 3.8) is 0 Å². The molecule has 7 fully saturated rings. The molecule has 0 aromatic heterocycles. The Kier molecular flexibility index (Phi) is 2.24. The third-order valence-electron chi connectivity index (χ3n) is 12.6. The lowest BCUT2D eigenvalue weighted by atomic mass is 9.30. The average molecular weight is 325 g/mol. The third kappa shape index (κ3) is 1.05. The van der Waals surface area contributed by atoms with Crippen LogP contribution in [0.1, 0.15) is 66.2 Å². The first-order valence-electron chi connectivity index (χ1n) is 11.5. The molecule has 0 heteroatoms. The second-order valence-electron chi connectivity index (χ2n) is 12.1. The summed E-state index contributed by atoms with van der Waals surface area (Å²) in [6.07, 6.45) is 9.71. The molecule has 14 atom stereocenters. The first-order valence-corrected chi connectivity index (χ1v) is 11.5. The second kappa shape index (κ2) is 3.82. The molecule has 6 bridgehead atoms. The first-order chi connectivity index (χ1) is 11.5. The van der Waals surface area contributed by atoms with Crippen LogP contribution >= 0.6 is 0 Å². The van der Waals surface area contributed by atoms with Gasteiger partial charge in [-0.1, -0.05) is 34.1 Å². The van der Waals surface area contributed by atoms with Crippen LogP contribution in [0.4, 0.5) is 0 Å². The van der Waals surface area contributed by atoms with Gasteiger partial charge in [0.05, 0.1) is 0 Å².